The number of H-pyrrole nitrogens is 1. The lowest BCUT2D eigenvalue weighted by Crippen LogP contribution is -2.21. The highest BCUT2D eigenvalue weighted by atomic mass is 16.1. The van der Waals surface area contributed by atoms with Crippen LogP contribution in [0.4, 0.5) is 5.82 Å². The number of hydrogen-bond donors (Lipinski definition) is 2. The van der Waals surface area contributed by atoms with Gasteiger partial charge in [-0.15, -0.1) is 0 Å². The molecule has 4 heteroatoms. The zero-order valence-corrected chi connectivity index (χ0v) is 9.14. The Kier molecular flexibility index (Phi) is 2.93. The first kappa shape index (κ1) is 10.8. The Morgan fingerprint density at radius 2 is 2.14 bits per heavy atom. The topological polar surface area (TPSA) is 57.8 Å². The molecule has 0 aliphatic heterocycles. The maximum Gasteiger partial charge on any atom is 0.252 e. The fraction of sp³-hybridized carbons (Fsp3) is 0.600. The van der Waals surface area contributed by atoms with E-state index in [1.807, 2.05) is 0 Å². The molecule has 78 valence electrons. The maximum atomic E-state index is 11.1. The van der Waals surface area contributed by atoms with Crippen LogP contribution >= 0.6 is 0 Å². The summed E-state index contributed by atoms with van der Waals surface area (Å²) in [7, 11) is 0. The normalized spacial score (nSPS) is 11.4. The molecule has 0 aromatic carbocycles. The first-order valence-electron chi connectivity index (χ1n) is 4.69. The molecule has 0 aliphatic carbocycles. The van der Waals surface area contributed by atoms with Crippen LogP contribution in [0, 0.1) is 12.3 Å². The molecule has 1 aromatic rings. The highest BCUT2D eigenvalue weighted by molar-refractivity contribution is 5.32. The smallest absolute Gasteiger partial charge is 0.252 e. The third-order valence-electron chi connectivity index (χ3n) is 1.66. The number of aromatic nitrogens is 2. The number of rotatable bonds is 2. The van der Waals surface area contributed by atoms with Crippen molar-refractivity contribution in [1.82, 2.24) is 9.97 Å². The van der Waals surface area contributed by atoms with Crippen LogP contribution in [0.1, 0.15) is 26.6 Å². The average molecular weight is 195 g/mol. The van der Waals surface area contributed by atoms with Gasteiger partial charge in [0, 0.05) is 12.6 Å². The van der Waals surface area contributed by atoms with E-state index in [0.29, 0.717) is 11.6 Å². The van der Waals surface area contributed by atoms with E-state index in [2.05, 4.69) is 36.1 Å². The minimum Gasteiger partial charge on any atom is -0.369 e. The van der Waals surface area contributed by atoms with Crippen molar-refractivity contribution >= 4 is 5.82 Å². The molecule has 0 unspecified atom stereocenters. The molecule has 0 amide bonds. The average Bonchev–Trinajstić information content (AvgIpc) is 1.97. The first-order chi connectivity index (χ1) is 6.37. The van der Waals surface area contributed by atoms with Crippen LogP contribution in [0.15, 0.2) is 10.9 Å². The van der Waals surface area contributed by atoms with E-state index in [-0.39, 0.29) is 11.0 Å². The van der Waals surface area contributed by atoms with E-state index in [4.69, 9.17) is 0 Å². The Bertz CT molecular complexity index is 362. The van der Waals surface area contributed by atoms with E-state index in [1.165, 1.54) is 6.07 Å². The van der Waals surface area contributed by atoms with Crippen LogP contribution in [0.2, 0.25) is 0 Å². The summed E-state index contributed by atoms with van der Waals surface area (Å²) in [4.78, 5) is 17.9. The van der Waals surface area contributed by atoms with Gasteiger partial charge in [-0.3, -0.25) is 4.79 Å². The van der Waals surface area contributed by atoms with E-state index in [0.717, 1.165) is 6.54 Å². The van der Waals surface area contributed by atoms with Crippen LogP contribution in [-0.2, 0) is 0 Å². The molecular weight excluding hydrogens is 178 g/mol. The second-order valence-corrected chi connectivity index (χ2v) is 4.63. The van der Waals surface area contributed by atoms with Gasteiger partial charge in [0.05, 0.1) is 0 Å². The first-order valence-corrected chi connectivity index (χ1v) is 4.69. The Hall–Kier alpha value is -1.32. The second kappa shape index (κ2) is 3.82. The molecule has 0 fully saturated rings. The molecule has 0 bridgehead atoms. The van der Waals surface area contributed by atoms with E-state index in [9.17, 15) is 4.79 Å². The number of aromatic amines is 1. The van der Waals surface area contributed by atoms with E-state index < -0.39 is 0 Å². The summed E-state index contributed by atoms with van der Waals surface area (Å²) in [5.41, 5.74) is 0.0620. The molecule has 0 spiro atoms. The number of anilines is 1. The van der Waals surface area contributed by atoms with Gasteiger partial charge in [-0.05, 0) is 12.3 Å². The number of nitrogens with one attached hydrogen (secondary N) is 2. The molecule has 0 saturated heterocycles. The van der Waals surface area contributed by atoms with Gasteiger partial charge in [0.1, 0.15) is 11.6 Å². The Morgan fingerprint density at radius 3 is 2.64 bits per heavy atom. The molecule has 2 N–H and O–H groups in total. The Morgan fingerprint density at radius 1 is 1.50 bits per heavy atom. The molecular formula is C10H17N3O. The van der Waals surface area contributed by atoms with Gasteiger partial charge in [0.15, 0.2) is 0 Å². The molecule has 0 saturated carbocycles. The Balaban J connectivity index is 2.73. The van der Waals surface area contributed by atoms with Crippen LogP contribution in [0.3, 0.4) is 0 Å². The molecule has 0 radical (unpaired) electrons. The molecule has 14 heavy (non-hydrogen) atoms. The third-order valence-corrected chi connectivity index (χ3v) is 1.66. The van der Waals surface area contributed by atoms with Gasteiger partial charge in [0.2, 0.25) is 0 Å². The minimum absolute atomic E-state index is 0.117. The summed E-state index contributed by atoms with van der Waals surface area (Å²) < 4.78 is 0. The Labute approximate surface area is 83.8 Å². The van der Waals surface area contributed by atoms with Gasteiger partial charge < -0.3 is 10.3 Å². The van der Waals surface area contributed by atoms with E-state index in [1.54, 1.807) is 6.92 Å². The van der Waals surface area contributed by atoms with Gasteiger partial charge >= 0.3 is 0 Å². The van der Waals surface area contributed by atoms with Crippen LogP contribution in [0.5, 0.6) is 0 Å². The SMILES string of the molecule is Cc1nc(NCC(C)(C)C)cc(=O)[nH]1. The standard InChI is InChI=1S/C10H17N3O/c1-7-12-8(5-9(14)13-7)11-6-10(2,3)4/h5H,6H2,1-4H3,(H2,11,12,13,14). The molecule has 1 heterocycles. The van der Waals surface area contributed by atoms with Gasteiger partial charge in [-0.25, -0.2) is 4.98 Å². The lowest BCUT2D eigenvalue weighted by Gasteiger charge is -2.18. The van der Waals surface area contributed by atoms with Crippen LogP contribution in [-0.4, -0.2) is 16.5 Å². The molecule has 0 atom stereocenters. The summed E-state index contributed by atoms with van der Waals surface area (Å²) in [6.07, 6.45) is 0. The lowest BCUT2D eigenvalue weighted by atomic mass is 9.97. The summed E-state index contributed by atoms with van der Waals surface area (Å²) in [6.45, 7) is 8.94. The largest absolute Gasteiger partial charge is 0.369 e. The van der Waals surface area contributed by atoms with Gasteiger partial charge in [0.25, 0.3) is 5.56 Å². The fourth-order valence-electron chi connectivity index (χ4n) is 1.03. The van der Waals surface area contributed by atoms with Gasteiger partial charge in [-0.1, -0.05) is 20.8 Å². The van der Waals surface area contributed by atoms with Crippen molar-refractivity contribution in [2.75, 3.05) is 11.9 Å². The van der Waals surface area contributed by atoms with Gasteiger partial charge in [-0.2, -0.15) is 0 Å². The summed E-state index contributed by atoms with van der Waals surface area (Å²) in [5.74, 6) is 1.27. The quantitative estimate of drug-likeness (QED) is 0.752. The van der Waals surface area contributed by atoms with E-state index >= 15 is 0 Å². The molecule has 1 aromatic heterocycles. The van der Waals surface area contributed by atoms with Crippen molar-refractivity contribution in [3.8, 4) is 0 Å². The molecule has 1 rings (SSSR count). The zero-order chi connectivity index (χ0) is 10.8. The number of hydrogen-bond acceptors (Lipinski definition) is 3. The van der Waals surface area contributed by atoms with Crippen LogP contribution < -0.4 is 10.9 Å². The van der Waals surface area contributed by atoms with Crippen molar-refractivity contribution in [3.05, 3.63) is 22.2 Å². The van der Waals surface area contributed by atoms with Crippen molar-refractivity contribution in [2.24, 2.45) is 5.41 Å². The van der Waals surface area contributed by atoms with Crippen LogP contribution in [0.25, 0.3) is 0 Å². The van der Waals surface area contributed by atoms with Crippen molar-refractivity contribution in [1.29, 1.82) is 0 Å². The summed E-state index contributed by atoms with van der Waals surface area (Å²) >= 11 is 0. The second-order valence-electron chi connectivity index (χ2n) is 4.63. The van der Waals surface area contributed by atoms with Crippen molar-refractivity contribution in [2.45, 2.75) is 27.7 Å². The molecule has 0 aliphatic rings. The lowest BCUT2D eigenvalue weighted by molar-refractivity contribution is 0.442. The minimum atomic E-state index is -0.117. The predicted molar refractivity (Wildman–Crippen MR) is 57.5 cm³/mol. The van der Waals surface area contributed by atoms with Crippen molar-refractivity contribution in [3.63, 3.8) is 0 Å². The summed E-state index contributed by atoms with van der Waals surface area (Å²) in [6, 6.07) is 1.47. The predicted octanol–water partition coefficient (Wildman–Crippen LogP) is 1.54. The monoisotopic (exact) mass is 195 g/mol. The number of nitrogens with zero attached hydrogens (tertiary/aromatic N) is 1. The summed E-state index contributed by atoms with van der Waals surface area (Å²) in [5, 5.41) is 3.14. The highest BCUT2D eigenvalue weighted by Crippen LogP contribution is 2.13. The highest BCUT2D eigenvalue weighted by Gasteiger charge is 2.09. The number of aryl methyl sites for hydroxylation is 1. The third kappa shape index (κ3) is 3.60. The fourth-order valence-corrected chi connectivity index (χ4v) is 1.03. The maximum absolute atomic E-state index is 11.1. The molecule has 4 nitrogen and oxygen atoms in total. The van der Waals surface area contributed by atoms with Crippen molar-refractivity contribution < 1.29 is 0 Å². The zero-order valence-electron chi connectivity index (χ0n) is 9.14.